The van der Waals surface area contributed by atoms with Gasteiger partial charge in [0.2, 0.25) is 10.0 Å². The predicted molar refractivity (Wildman–Crippen MR) is 73.6 cm³/mol. The highest BCUT2D eigenvalue weighted by molar-refractivity contribution is 7.89. The van der Waals surface area contributed by atoms with E-state index in [0.29, 0.717) is 0 Å². The predicted octanol–water partition coefficient (Wildman–Crippen LogP) is 1.98. The molecule has 0 aliphatic heterocycles. The lowest BCUT2D eigenvalue weighted by molar-refractivity contribution is 0.461. The summed E-state index contributed by atoms with van der Waals surface area (Å²) >= 11 is 1.49. The van der Waals surface area contributed by atoms with Crippen LogP contribution >= 0.6 is 11.3 Å². The van der Waals surface area contributed by atoms with Crippen molar-refractivity contribution in [1.29, 1.82) is 0 Å². The van der Waals surface area contributed by atoms with Crippen molar-refractivity contribution in [2.75, 3.05) is 7.05 Å². The standard InChI is InChI=1S/C12H14N2O3S2/c1-9-13-10(8-18-9)7-14(2)19(16,17)12-5-3-11(15)4-6-12/h3-6,8,15H,7H2,1-2H3. The summed E-state index contributed by atoms with van der Waals surface area (Å²) in [5, 5.41) is 11.9. The Morgan fingerprint density at radius 2 is 1.95 bits per heavy atom. The van der Waals surface area contributed by atoms with Crippen molar-refractivity contribution >= 4 is 21.4 Å². The first-order valence-electron chi connectivity index (χ1n) is 5.56. The van der Waals surface area contributed by atoms with Gasteiger partial charge < -0.3 is 5.11 Å². The van der Waals surface area contributed by atoms with Crippen LogP contribution in [0, 0.1) is 6.92 Å². The maximum Gasteiger partial charge on any atom is 0.243 e. The van der Waals surface area contributed by atoms with Crippen LogP contribution in [0.25, 0.3) is 0 Å². The molecule has 0 atom stereocenters. The number of aromatic hydroxyl groups is 1. The Bertz CT molecular complexity index is 663. The Morgan fingerprint density at radius 3 is 2.47 bits per heavy atom. The number of aromatic nitrogens is 1. The van der Waals surface area contributed by atoms with Crippen molar-refractivity contribution in [2.24, 2.45) is 0 Å². The molecule has 0 saturated carbocycles. The molecule has 5 nitrogen and oxygen atoms in total. The van der Waals surface area contributed by atoms with E-state index in [-0.39, 0.29) is 17.2 Å². The maximum absolute atomic E-state index is 12.3. The average molecular weight is 298 g/mol. The zero-order valence-corrected chi connectivity index (χ0v) is 12.2. The number of hydrogen-bond acceptors (Lipinski definition) is 5. The third-order valence-electron chi connectivity index (χ3n) is 2.60. The molecule has 0 unspecified atom stereocenters. The number of nitrogens with zero attached hydrogens (tertiary/aromatic N) is 2. The van der Waals surface area contributed by atoms with Crippen LogP contribution in [-0.2, 0) is 16.6 Å². The summed E-state index contributed by atoms with van der Waals surface area (Å²) in [6, 6.07) is 5.47. The van der Waals surface area contributed by atoms with Crippen LogP contribution in [0.4, 0.5) is 0 Å². The molecule has 0 fully saturated rings. The molecule has 1 aromatic heterocycles. The van der Waals surface area contributed by atoms with Gasteiger partial charge in [0.05, 0.1) is 22.1 Å². The lowest BCUT2D eigenvalue weighted by atomic mass is 10.3. The Balaban J connectivity index is 2.21. The molecule has 0 saturated heterocycles. The smallest absolute Gasteiger partial charge is 0.243 e. The van der Waals surface area contributed by atoms with Gasteiger partial charge in [-0.25, -0.2) is 13.4 Å². The van der Waals surface area contributed by atoms with E-state index in [0.717, 1.165) is 10.7 Å². The molecule has 0 spiro atoms. The minimum absolute atomic E-state index is 0.0386. The number of phenols is 1. The zero-order chi connectivity index (χ0) is 14.0. The van der Waals surface area contributed by atoms with Gasteiger partial charge >= 0.3 is 0 Å². The second-order valence-corrected chi connectivity index (χ2v) is 7.22. The Hall–Kier alpha value is -1.44. The molecule has 2 rings (SSSR count). The molecule has 0 radical (unpaired) electrons. The van der Waals surface area contributed by atoms with Gasteiger partial charge in [0.1, 0.15) is 5.75 Å². The number of benzene rings is 1. The van der Waals surface area contributed by atoms with Crippen molar-refractivity contribution in [1.82, 2.24) is 9.29 Å². The van der Waals surface area contributed by atoms with E-state index in [2.05, 4.69) is 4.98 Å². The summed E-state index contributed by atoms with van der Waals surface area (Å²) in [7, 11) is -2.05. The van der Waals surface area contributed by atoms with Gasteiger partial charge in [0.15, 0.2) is 0 Å². The van der Waals surface area contributed by atoms with E-state index in [1.807, 2.05) is 12.3 Å². The first-order chi connectivity index (χ1) is 8.89. The molecule has 2 aromatic rings. The van der Waals surface area contributed by atoms with E-state index >= 15 is 0 Å². The van der Waals surface area contributed by atoms with Gasteiger partial charge in [0, 0.05) is 12.4 Å². The SMILES string of the molecule is Cc1nc(CN(C)S(=O)(=O)c2ccc(O)cc2)cs1. The highest BCUT2D eigenvalue weighted by Crippen LogP contribution is 2.19. The van der Waals surface area contributed by atoms with Gasteiger partial charge in [0.25, 0.3) is 0 Å². The number of thiazole rings is 1. The summed E-state index contributed by atoms with van der Waals surface area (Å²) in [6.45, 7) is 2.11. The fourth-order valence-electron chi connectivity index (χ4n) is 1.59. The number of hydrogen-bond donors (Lipinski definition) is 1. The number of rotatable bonds is 4. The fraction of sp³-hybridized carbons (Fsp3) is 0.250. The average Bonchev–Trinajstić information content (AvgIpc) is 2.75. The third kappa shape index (κ3) is 3.12. The second kappa shape index (κ2) is 5.28. The second-order valence-electron chi connectivity index (χ2n) is 4.11. The first kappa shape index (κ1) is 14.0. The molecule has 1 heterocycles. The first-order valence-corrected chi connectivity index (χ1v) is 7.88. The molecular weight excluding hydrogens is 284 g/mol. The van der Waals surface area contributed by atoms with E-state index < -0.39 is 10.0 Å². The van der Waals surface area contributed by atoms with Gasteiger partial charge in [-0.05, 0) is 31.2 Å². The van der Waals surface area contributed by atoms with Gasteiger partial charge in [-0.2, -0.15) is 4.31 Å². The Morgan fingerprint density at radius 1 is 1.32 bits per heavy atom. The Kier molecular flexibility index (Phi) is 3.88. The molecule has 7 heteroatoms. The quantitative estimate of drug-likeness (QED) is 0.937. The van der Waals surface area contributed by atoms with Crippen LogP contribution < -0.4 is 0 Å². The number of aryl methyl sites for hydroxylation is 1. The van der Waals surface area contributed by atoms with Crippen LogP contribution in [-0.4, -0.2) is 29.9 Å². The van der Waals surface area contributed by atoms with Crippen molar-refractivity contribution in [2.45, 2.75) is 18.4 Å². The van der Waals surface area contributed by atoms with Crippen LogP contribution in [0.3, 0.4) is 0 Å². The molecule has 102 valence electrons. The maximum atomic E-state index is 12.3. The Labute approximate surface area is 116 Å². The summed E-state index contributed by atoms with van der Waals surface area (Å²) in [4.78, 5) is 4.40. The number of phenolic OH excluding ortho intramolecular Hbond substituents is 1. The molecule has 0 amide bonds. The van der Waals surface area contributed by atoms with Crippen LogP contribution in [0.2, 0.25) is 0 Å². The summed E-state index contributed by atoms with van der Waals surface area (Å²) < 4.78 is 25.8. The lowest BCUT2D eigenvalue weighted by Gasteiger charge is -2.16. The molecule has 1 N–H and O–H groups in total. The van der Waals surface area contributed by atoms with Crippen LogP contribution in [0.15, 0.2) is 34.5 Å². The summed E-state index contributed by atoms with van der Waals surface area (Å²) in [6.07, 6.45) is 0. The van der Waals surface area contributed by atoms with Gasteiger partial charge in [-0.3, -0.25) is 0 Å². The third-order valence-corrected chi connectivity index (χ3v) is 5.24. The van der Waals surface area contributed by atoms with Crippen LogP contribution in [0.1, 0.15) is 10.7 Å². The largest absolute Gasteiger partial charge is 0.508 e. The topological polar surface area (TPSA) is 70.5 Å². The molecule has 19 heavy (non-hydrogen) atoms. The molecule has 0 bridgehead atoms. The van der Waals surface area contributed by atoms with Crippen molar-refractivity contribution in [3.63, 3.8) is 0 Å². The van der Waals surface area contributed by atoms with Crippen LogP contribution in [0.5, 0.6) is 5.75 Å². The zero-order valence-electron chi connectivity index (χ0n) is 10.6. The monoisotopic (exact) mass is 298 g/mol. The molecule has 1 aromatic carbocycles. The highest BCUT2D eigenvalue weighted by Gasteiger charge is 2.21. The van der Waals surface area contributed by atoms with E-state index in [9.17, 15) is 13.5 Å². The van der Waals surface area contributed by atoms with E-state index in [4.69, 9.17) is 0 Å². The van der Waals surface area contributed by atoms with Crippen molar-refractivity contribution in [3.05, 3.63) is 40.3 Å². The van der Waals surface area contributed by atoms with Crippen molar-refractivity contribution < 1.29 is 13.5 Å². The van der Waals surface area contributed by atoms with E-state index in [1.54, 1.807) is 0 Å². The highest BCUT2D eigenvalue weighted by atomic mass is 32.2. The minimum Gasteiger partial charge on any atom is -0.508 e. The number of sulfonamides is 1. The molecule has 0 aliphatic rings. The summed E-state index contributed by atoms with van der Waals surface area (Å²) in [5.74, 6) is 0.0386. The van der Waals surface area contributed by atoms with Gasteiger partial charge in [-0.15, -0.1) is 11.3 Å². The lowest BCUT2D eigenvalue weighted by Crippen LogP contribution is -2.26. The van der Waals surface area contributed by atoms with E-state index in [1.165, 1.54) is 47.0 Å². The molecule has 0 aliphatic carbocycles. The fourth-order valence-corrected chi connectivity index (χ4v) is 3.34. The normalized spacial score (nSPS) is 11.9. The van der Waals surface area contributed by atoms with Gasteiger partial charge in [-0.1, -0.05) is 0 Å². The summed E-state index contributed by atoms with van der Waals surface area (Å²) in [5.41, 5.74) is 0.729. The minimum atomic E-state index is -3.56. The molecular formula is C12H14N2O3S2. The van der Waals surface area contributed by atoms with Crippen molar-refractivity contribution in [3.8, 4) is 5.75 Å².